The number of sulfonamides is 1. The van der Waals surface area contributed by atoms with Crippen LogP contribution >= 0.6 is 15.9 Å². The molecule has 1 aromatic carbocycles. The second-order valence-corrected chi connectivity index (χ2v) is 6.55. The van der Waals surface area contributed by atoms with E-state index in [1.165, 1.54) is 18.4 Å². The van der Waals surface area contributed by atoms with E-state index in [0.717, 1.165) is 6.07 Å². The quantitative estimate of drug-likeness (QED) is 0.855. The van der Waals surface area contributed by atoms with Gasteiger partial charge in [0.2, 0.25) is 10.0 Å². The standard InChI is InChI=1S/C12H10BrNO5S/c13-9-4-8(12(15)16)5-11(6-9)20(17,18)14-7-10-2-1-3-19-10/h1-6,14H,7H2,(H,15,16)/p-1. The van der Waals surface area contributed by atoms with Gasteiger partial charge in [0.05, 0.1) is 23.7 Å². The Kier molecular flexibility index (Phi) is 4.26. The minimum Gasteiger partial charge on any atom is -0.545 e. The van der Waals surface area contributed by atoms with Gasteiger partial charge in [0.25, 0.3) is 0 Å². The van der Waals surface area contributed by atoms with Crippen LogP contribution < -0.4 is 9.83 Å². The number of hydrogen-bond acceptors (Lipinski definition) is 5. The maximum Gasteiger partial charge on any atom is 0.241 e. The zero-order valence-electron chi connectivity index (χ0n) is 10.00. The van der Waals surface area contributed by atoms with Crippen molar-refractivity contribution in [1.82, 2.24) is 4.72 Å². The number of carbonyl (C=O) groups is 1. The minimum absolute atomic E-state index is 0.0253. The molecule has 1 N–H and O–H groups in total. The van der Waals surface area contributed by atoms with E-state index in [0.29, 0.717) is 10.2 Å². The first-order valence-electron chi connectivity index (χ1n) is 5.42. The van der Waals surface area contributed by atoms with Gasteiger partial charge < -0.3 is 14.3 Å². The molecule has 0 saturated carbocycles. The van der Waals surface area contributed by atoms with Crippen LogP contribution in [0.1, 0.15) is 16.1 Å². The molecule has 1 aromatic heterocycles. The molecule has 106 valence electrons. The van der Waals surface area contributed by atoms with Crippen LogP contribution in [0, 0.1) is 0 Å². The molecule has 2 rings (SSSR count). The van der Waals surface area contributed by atoms with E-state index in [1.807, 2.05) is 0 Å². The lowest BCUT2D eigenvalue weighted by atomic mass is 10.2. The van der Waals surface area contributed by atoms with E-state index >= 15 is 0 Å². The zero-order chi connectivity index (χ0) is 14.8. The average molecular weight is 359 g/mol. The third-order valence-electron chi connectivity index (χ3n) is 2.43. The van der Waals surface area contributed by atoms with E-state index < -0.39 is 16.0 Å². The number of rotatable bonds is 5. The second-order valence-electron chi connectivity index (χ2n) is 3.87. The molecule has 0 aliphatic carbocycles. The Morgan fingerprint density at radius 2 is 2.10 bits per heavy atom. The highest BCUT2D eigenvalue weighted by atomic mass is 79.9. The van der Waals surface area contributed by atoms with Gasteiger partial charge in [0.15, 0.2) is 0 Å². The first-order valence-corrected chi connectivity index (χ1v) is 7.70. The van der Waals surface area contributed by atoms with Gasteiger partial charge in [-0.25, -0.2) is 13.1 Å². The van der Waals surface area contributed by atoms with E-state index in [1.54, 1.807) is 12.1 Å². The molecule has 6 nitrogen and oxygen atoms in total. The van der Waals surface area contributed by atoms with Crippen molar-refractivity contribution in [3.63, 3.8) is 0 Å². The molecular weight excluding hydrogens is 350 g/mol. The molecule has 8 heteroatoms. The molecule has 0 saturated heterocycles. The summed E-state index contributed by atoms with van der Waals surface area (Å²) in [7, 11) is -3.85. The van der Waals surface area contributed by atoms with Crippen molar-refractivity contribution in [2.75, 3.05) is 0 Å². The second kappa shape index (κ2) is 5.78. The predicted octanol–water partition coefficient (Wildman–Crippen LogP) is 0.884. The largest absolute Gasteiger partial charge is 0.545 e. The number of carbonyl (C=O) groups excluding carboxylic acids is 1. The summed E-state index contributed by atoms with van der Waals surface area (Å²) >= 11 is 3.06. The van der Waals surface area contributed by atoms with Crippen LogP contribution in [-0.2, 0) is 16.6 Å². The van der Waals surface area contributed by atoms with Crippen LogP contribution in [0.15, 0.2) is 50.4 Å². The maximum atomic E-state index is 12.1. The van der Waals surface area contributed by atoms with Gasteiger partial charge in [-0.2, -0.15) is 0 Å². The molecule has 0 atom stereocenters. The van der Waals surface area contributed by atoms with Gasteiger partial charge in [0, 0.05) is 4.47 Å². The third-order valence-corrected chi connectivity index (χ3v) is 4.27. The molecular formula is C12H9BrNO5S-. The number of halogens is 1. The normalized spacial score (nSPS) is 11.4. The van der Waals surface area contributed by atoms with Gasteiger partial charge >= 0.3 is 0 Å². The Morgan fingerprint density at radius 1 is 1.35 bits per heavy atom. The molecule has 1 heterocycles. The lowest BCUT2D eigenvalue weighted by Gasteiger charge is -2.09. The first kappa shape index (κ1) is 14.8. The summed E-state index contributed by atoms with van der Waals surface area (Å²) in [6.45, 7) is -0.0253. The summed E-state index contributed by atoms with van der Waals surface area (Å²) < 4.78 is 31.8. The van der Waals surface area contributed by atoms with E-state index in [4.69, 9.17) is 4.42 Å². The lowest BCUT2D eigenvalue weighted by Crippen LogP contribution is -2.25. The van der Waals surface area contributed by atoms with Gasteiger partial charge in [-0.3, -0.25) is 0 Å². The fraction of sp³-hybridized carbons (Fsp3) is 0.0833. The fourth-order valence-corrected chi connectivity index (χ4v) is 3.21. The molecule has 2 aromatic rings. The van der Waals surface area contributed by atoms with E-state index in [-0.39, 0.29) is 17.0 Å². The van der Waals surface area contributed by atoms with Gasteiger partial charge in [-0.15, -0.1) is 0 Å². The molecule has 0 fully saturated rings. The van der Waals surface area contributed by atoms with Crippen LogP contribution in [0.5, 0.6) is 0 Å². The van der Waals surface area contributed by atoms with Crippen LogP contribution in [-0.4, -0.2) is 14.4 Å². The SMILES string of the molecule is O=C([O-])c1cc(Br)cc(S(=O)(=O)NCc2ccco2)c1. The summed E-state index contributed by atoms with van der Waals surface area (Å²) in [6, 6.07) is 6.86. The molecule has 0 bridgehead atoms. The van der Waals surface area contributed by atoms with Crippen molar-refractivity contribution in [1.29, 1.82) is 0 Å². The van der Waals surface area contributed by atoms with Crippen molar-refractivity contribution in [3.8, 4) is 0 Å². The Labute approximate surface area is 123 Å². The summed E-state index contributed by atoms with van der Waals surface area (Å²) in [6.07, 6.45) is 1.43. The lowest BCUT2D eigenvalue weighted by molar-refractivity contribution is -0.255. The van der Waals surface area contributed by atoms with Crippen LogP contribution in [0.3, 0.4) is 0 Å². The van der Waals surface area contributed by atoms with Crippen molar-refractivity contribution < 1.29 is 22.7 Å². The van der Waals surface area contributed by atoms with Crippen LogP contribution in [0.4, 0.5) is 0 Å². The van der Waals surface area contributed by atoms with E-state index in [2.05, 4.69) is 20.7 Å². The number of aromatic carboxylic acids is 1. The molecule has 0 unspecified atom stereocenters. The molecule has 0 aliphatic rings. The van der Waals surface area contributed by atoms with Crippen molar-refractivity contribution in [3.05, 3.63) is 52.4 Å². The van der Waals surface area contributed by atoms with Gasteiger partial charge in [-0.05, 0) is 35.9 Å². The molecule has 20 heavy (non-hydrogen) atoms. The predicted molar refractivity (Wildman–Crippen MR) is 71.2 cm³/mol. The Morgan fingerprint density at radius 3 is 2.70 bits per heavy atom. The zero-order valence-corrected chi connectivity index (χ0v) is 12.4. The maximum absolute atomic E-state index is 12.1. The average Bonchev–Trinajstić information content (AvgIpc) is 2.89. The third kappa shape index (κ3) is 3.47. The van der Waals surface area contributed by atoms with Crippen LogP contribution in [0.25, 0.3) is 0 Å². The number of nitrogens with one attached hydrogen (secondary N) is 1. The smallest absolute Gasteiger partial charge is 0.241 e. The monoisotopic (exact) mass is 358 g/mol. The van der Waals surface area contributed by atoms with Crippen molar-refractivity contribution in [2.24, 2.45) is 0 Å². The molecule has 0 spiro atoms. The van der Waals surface area contributed by atoms with Crippen molar-refractivity contribution in [2.45, 2.75) is 11.4 Å². The summed E-state index contributed by atoms with van der Waals surface area (Å²) in [5.74, 6) is -1.00. The topological polar surface area (TPSA) is 99.4 Å². The van der Waals surface area contributed by atoms with Crippen LogP contribution in [0.2, 0.25) is 0 Å². The van der Waals surface area contributed by atoms with E-state index in [9.17, 15) is 18.3 Å². The molecule has 0 radical (unpaired) electrons. The number of carboxylic acid groups (broad SMARTS) is 1. The Balaban J connectivity index is 2.27. The number of hydrogen-bond donors (Lipinski definition) is 1. The highest BCUT2D eigenvalue weighted by Gasteiger charge is 2.16. The van der Waals surface area contributed by atoms with Crippen molar-refractivity contribution >= 4 is 31.9 Å². The summed E-state index contributed by atoms with van der Waals surface area (Å²) in [5.41, 5.74) is -0.224. The first-order chi connectivity index (χ1) is 9.38. The Hall–Kier alpha value is -1.64. The van der Waals surface area contributed by atoms with Gasteiger partial charge in [0.1, 0.15) is 5.76 Å². The molecule has 0 aliphatic heterocycles. The van der Waals surface area contributed by atoms with Gasteiger partial charge in [-0.1, -0.05) is 15.9 Å². The molecule has 0 amide bonds. The summed E-state index contributed by atoms with van der Waals surface area (Å²) in [4.78, 5) is 10.6. The number of furan rings is 1. The highest BCUT2D eigenvalue weighted by Crippen LogP contribution is 2.19. The fourth-order valence-electron chi connectivity index (χ4n) is 1.50. The Bertz CT molecular complexity index is 724. The number of benzene rings is 1. The highest BCUT2D eigenvalue weighted by molar-refractivity contribution is 9.10. The minimum atomic E-state index is -3.85. The number of carboxylic acids is 1. The summed E-state index contributed by atoms with van der Waals surface area (Å²) in [5, 5.41) is 10.8.